The smallest absolute Gasteiger partial charge is 0.314 e. The number of nitrogens with zero attached hydrogens (tertiary/aromatic N) is 3. The molecule has 1 saturated heterocycles. The molecule has 0 aliphatic carbocycles. The van der Waals surface area contributed by atoms with Gasteiger partial charge in [0.1, 0.15) is 12.7 Å². The van der Waals surface area contributed by atoms with Crippen molar-refractivity contribution in [3.05, 3.63) is 23.8 Å². The number of urea groups is 1. The predicted octanol–water partition coefficient (Wildman–Crippen LogP) is 0.971. The molecule has 1 heterocycles. The molecule has 1 aromatic rings. The number of amides is 2. The Morgan fingerprint density at radius 2 is 1.93 bits per heavy atom. The Hall–Kier alpha value is -2.03. The van der Waals surface area contributed by atoms with E-state index in [4.69, 9.17) is 15.2 Å². The first-order valence-electron chi connectivity index (χ1n) is 9.75. The molecule has 0 saturated carbocycles. The Balaban J connectivity index is 1.88. The molecule has 8 nitrogen and oxygen atoms in total. The lowest BCUT2D eigenvalue weighted by atomic mass is 10.1. The van der Waals surface area contributed by atoms with Gasteiger partial charge in [-0.1, -0.05) is 6.07 Å². The maximum absolute atomic E-state index is 11.2. The van der Waals surface area contributed by atoms with Gasteiger partial charge in [0, 0.05) is 45.3 Å². The van der Waals surface area contributed by atoms with Gasteiger partial charge in [0.25, 0.3) is 0 Å². The monoisotopic (exact) mass is 394 g/mol. The summed E-state index contributed by atoms with van der Waals surface area (Å²) in [6.07, 6.45) is -0.571. The molecule has 1 aliphatic heterocycles. The summed E-state index contributed by atoms with van der Waals surface area (Å²) in [4.78, 5) is 17.2. The first kappa shape index (κ1) is 22.3. The highest BCUT2D eigenvalue weighted by Crippen LogP contribution is 2.29. The highest BCUT2D eigenvalue weighted by atomic mass is 16.5. The molecular weight excluding hydrogens is 360 g/mol. The number of rotatable bonds is 9. The van der Waals surface area contributed by atoms with Crippen LogP contribution in [0.15, 0.2) is 18.2 Å². The molecule has 1 aliphatic rings. The third-order valence-corrected chi connectivity index (χ3v) is 5.13. The minimum absolute atomic E-state index is 0.210. The first-order valence-corrected chi connectivity index (χ1v) is 9.75. The number of aliphatic hydroxyl groups excluding tert-OH is 1. The largest absolute Gasteiger partial charge is 0.493 e. The van der Waals surface area contributed by atoms with Gasteiger partial charge in [0.15, 0.2) is 11.5 Å². The van der Waals surface area contributed by atoms with Crippen molar-refractivity contribution in [3.8, 4) is 11.5 Å². The molecule has 8 heteroatoms. The second-order valence-corrected chi connectivity index (χ2v) is 7.58. The molecule has 3 N–H and O–H groups in total. The van der Waals surface area contributed by atoms with Gasteiger partial charge in [-0.05, 0) is 38.6 Å². The fourth-order valence-corrected chi connectivity index (χ4v) is 3.10. The number of carbonyl (C=O) groups excluding carboxylic acids is 1. The molecule has 2 rings (SSSR count). The van der Waals surface area contributed by atoms with Crippen molar-refractivity contribution in [1.82, 2.24) is 14.7 Å². The van der Waals surface area contributed by atoms with Crippen molar-refractivity contribution < 1.29 is 19.4 Å². The maximum Gasteiger partial charge on any atom is 0.314 e. The average Bonchev–Trinajstić information content (AvgIpc) is 2.67. The van der Waals surface area contributed by atoms with Crippen LogP contribution in [0.2, 0.25) is 0 Å². The van der Waals surface area contributed by atoms with Crippen LogP contribution in [0.4, 0.5) is 4.79 Å². The summed E-state index contributed by atoms with van der Waals surface area (Å²) in [6, 6.07) is 5.86. The van der Waals surface area contributed by atoms with Crippen LogP contribution in [0.3, 0.4) is 0 Å². The highest BCUT2D eigenvalue weighted by Gasteiger charge is 2.20. The third-order valence-electron chi connectivity index (χ3n) is 5.13. The van der Waals surface area contributed by atoms with Crippen LogP contribution in [-0.4, -0.2) is 91.5 Å². The molecule has 0 unspecified atom stereocenters. The topological polar surface area (TPSA) is 91.5 Å². The summed E-state index contributed by atoms with van der Waals surface area (Å²) in [6.45, 7) is 8.58. The van der Waals surface area contributed by atoms with Gasteiger partial charge >= 0.3 is 6.03 Å². The average molecular weight is 395 g/mol. The Bertz CT molecular complexity index is 633. The standard InChI is InChI=1S/C20H34N4O4/c1-15(2)22(3)13-17(25)14-28-18-6-5-16(11-19(18)27-4)12-23-7-9-24(10-8-23)20(21)26/h5-6,11,15,17,25H,7-10,12-14H2,1-4H3,(H2,21,26)/t17-/m1/s1. The van der Waals surface area contributed by atoms with Crippen molar-refractivity contribution in [1.29, 1.82) is 0 Å². The second-order valence-electron chi connectivity index (χ2n) is 7.58. The lowest BCUT2D eigenvalue weighted by Crippen LogP contribution is -2.50. The number of hydrogen-bond donors (Lipinski definition) is 2. The molecule has 158 valence electrons. The van der Waals surface area contributed by atoms with Crippen molar-refractivity contribution in [2.24, 2.45) is 5.73 Å². The van der Waals surface area contributed by atoms with E-state index in [2.05, 4.69) is 23.6 Å². The van der Waals surface area contributed by atoms with E-state index in [0.29, 0.717) is 37.2 Å². The van der Waals surface area contributed by atoms with Crippen molar-refractivity contribution in [3.63, 3.8) is 0 Å². The van der Waals surface area contributed by atoms with Crippen molar-refractivity contribution >= 4 is 6.03 Å². The van der Waals surface area contributed by atoms with E-state index in [-0.39, 0.29) is 12.6 Å². The zero-order chi connectivity index (χ0) is 20.7. The van der Waals surface area contributed by atoms with E-state index in [1.54, 1.807) is 12.0 Å². The van der Waals surface area contributed by atoms with Gasteiger partial charge in [-0.15, -0.1) is 0 Å². The SMILES string of the molecule is COc1cc(CN2CCN(C(N)=O)CC2)ccc1OC[C@H](O)CN(C)C(C)C. The Kier molecular flexibility index (Phi) is 8.35. The molecule has 0 bridgehead atoms. The normalized spacial score (nSPS) is 16.5. The molecule has 0 spiro atoms. The van der Waals surface area contributed by atoms with E-state index >= 15 is 0 Å². The number of likely N-dealkylation sites (N-methyl/N-ethyl adjacent to an activating group) is 1. The van der Waals surface area contributed by atoms with E-state index in [0.717, 1.165) is 25.2 Å². The number of ether oxygens (including phenoxy) is 2. The van der Waals surface area contributed by atoms with Gasteiger partial charge in [0.2, 0.25) is 0 Å². The van der Waals surface area contributed by atoms with Crippen molar-refractivity contribution in [2.45, 2.75) is 32.5 Å². The van der Waals surface area contributed by atoms with Crippen LogP contribution in [0, 0.1) is 0 Å². The summed E-state index contributed by atoms with van der Waals surface area (Å²) in [5, 5.41) is 10.2. The number of piperazine rings is 1. The summed E-state index contributed by atoms with van der Waals surface area (Å²) >= 11 is 0. The molecule has 1 fully saturated rings. The van der Waals surface area contributed by atoms with E-state index < -0.39 is 6.10 Å². The summed E-state index contributed by atoms with van der Waals surface area (Å²) < 4.78 is 11.3. The number of nitrogens with two attached hydrogens (primary N) is 1. The van der Waals surface area contributed by atoms with E-state index in [9.17, 15) is 9.90 Å². The second kappa shape index (κ2) is 10.5. The van der Waals surface area contributed by atoms with Crippen molar-refractivity contribution in [2.75, 3.05) is 53.5 Å². The molecule has 2 amide bonds. The number of methoxy groups -OCH3 is 1. The van der Waals surface area contributed by atoms with Gasteiger partial charge in [-0.25, -0.2) is 4.79 Å². The number of carbonyl (C=O) groups is 1. The fraction of sp³-hybridized carbons (Fsp3) is 0.650. The van der Waals surface area contributed by atoms with Crippen LogP contribution >= 0.6 is 0 Å². The summed E-state index contributed by atoms with van der Waals surface area (Å²) in [5.74, 6) is 1.27. The minimum Gasteiger partial charge on any atom is -0.493 e. The number of benzene rings is 1. The molecule has 1 aromatic carbocycles. The fourth-order valence-electron chi connectivity index (χ4n) is 3.10. The van der Waals surface area contributed by atoms with Crippen LogP contribution in [0.1, 0.15) is 19.4 Å². The van der Waals surface area contributed by atoms with Gasteiger partial charge < -0.3 is 30.1 Å². The molecule has 0 radical (unpaired) electrons. The van der Waals surface area contributed by atoms with Gasteiger partial charge in [-0.3, -0.25) is 4.90 Å². The van der Waals surface area contributed by atoms with Gasteiger partial charge in [-0.2, -0.15) is 0 Å². The Labute approximate surface area is 167 Å². The zero-order valence-electron chi connectivity index (χ0n) is 17.4. The Morgan fingerprint density at radius 1 is 1.25 bits per heavy atom. The Morgan fingerprint density at radius 3 is 2.50 bits per heavy atom. The van der Waals surface area contributed by atoms with Crippen LogP contribution in [0.5, 0.6) is 11.5 Å². The summed E-state index contributed by atoms with van der Waals surface area (Å²) in [7, 11) is 3.59. The molecule has 0 aromatic heterocycles. The van der Waals surface area contributed by atoms with Crippen LogP contribution in [0.25, 0.3) is 0 Å². The lowest BCUT2D eigenvalue weighted by molar-refractivity contribution is 0.0668. The van der Waals surface area contributed by atoms with Crippen LogP contribution in [-0.2, 0) is 6.54 Å². The summed E-state index contributed by atoms with van der Waals surface area (Å²) in [5.41, 5.74) is 6.44. The highest BCUT2D eigenvalue weighted by molar-refractivity contribution is 5.72. The van der Waals surface area contributed by atoms with Gasteiger partial charge in [0.05, 0.1) is 7.11 Å². The van der Waals surface area contributed by atoms with E-state index in [1.807, 2.05) is 25.2 Å². The quantitative estimate of drug-likeness (QED) is 0.649. The molecular formula is C20H34N4O4. The third kappa shape index (κ3) is 6.54. The number of primary amides is 1. The molecule has 28 heavy (non-hydrogen) atoms. The number of aliphatic hydroxyl groups is 1. The predicted molar refractivity (Wildman–Crippen MR) is 109 cm³/mol. The van der Waals surface area contributed by atoms with Crippen LogP contribution < -0.4 is 15.2 Å². The zero-order valence-corrected chi connectivity index (χ0v) is 17.4. The maximum atomic E-state index is 11.2. The van der Waals surface area contributed by atoms with E-state index in [1.165, 1.54) is 0 Å². The first-order chi connectivity index (χ1) is 13.3. The lowest BCUT2D eigenvalue weighted by Gasteiger charge is -2.33. The molecule has 1 atom stereocenters. The minimum atomic E-state index is -0.571. The number of hydrogen-bond acceptors (Lipinski definition) is 6.